The summed E-state index contributed by atoms with van der Waals surface area (Å²) in [4.78, 5) is 0. The van der Waals surface area contributed by atoms with Gasteiger partial charge in [-0.3, -0.25) is 0 Å². The van der Waals surface area contributed by atoms with Gasteiger partial charge in [-0.25, -0.2) is 0 Å². The van der Waals surface area contributed by atoms with Crippen molar-refractivity contribution >= 4 is 10.9 Å². The van der Waals surface area contributed by atoms with Crippen LogP contribution in [0.15, 0.2) is 30.5 Å². The SMILES string of the molecule is CCCCOCCNCCn1ccc2c(C)cccc21. The summed E-state index contributed by atoms with van der Waals surface area (Å²) in [6, 6.07) is 8.69. The van der Waals surface area contributed by atoms with E-state index in [-0.39, 0.29) is 0 Å². The molecule has 2 rings (SSSR count). The Kier molecular flexibility index (Phi) is 6.09. The highest BCUT2D eigenvalue weighted by Crippen LogP contribution is 2.19. The van der Waals surface area contributed by atoms with Gasteiger partial charge in [0.15, 0.2) is 0 Å². The Morgan fingerprint density at radius 3 is 2.90 bits per heavy atom. The zero-order valence-corrected chi connectivity index (χ0v) is 12.7. The van der Waals surface area contributed by atoms with Gasteiger partial charge >= 0.3 is 0 Å². The standard InChI is InChI=1S/C17H26N2O/c1-3-4-13-20-14-10-18-9-12-19-11-8-16-15(2)6-5-7-17(16)19/h5-8,11,18H,3-4,9-10,12-14H2,1-2H3. The van der Waals surface area contributed by atoms with Crippen molar-refractivity contribution in [3.8, 4) is 0 Å². The molecule has 0 radical (unpaired) electrons. The molecule has 0 aliphatic carbocycles. The number of ether oxygens (including phenoxy) is 1. The number of rotatable bonds is 9. The lowest BCUT2D eigenvalue weighted by atomic mass is 10.1. The number of aromatic nitrogens is 1. The molecule has 0 spiro atoms. The summed E-state index contributed by atoms with van der Waals surface area (Å²) in [6.45, 7) is 8.97. The fourth-order valence-corrected chi connectivity index (χ4v) is 2.39. The van der Waals surface area contributed by atoms with E-state index in [1.165, 1.54) is 22.9 Å². The van der Waals surface area contributed by atoms with Gasteiger partial charge in [-0.05, 0) is 31.0 Å². The van der Waals surface area contributed by atoms with Gasteiger partial charge in [0.25, 0.3) is 0 Å². The maximum absolute atomic E-state index is 5.53. The predicted molar refractivity (Wildman–Crippen MR) is 85.3 cm³/mol. The average molecular weight is 274 g/mol. The van der Waals surface area contributed by atoms with Crippen molar-refractivity contribution in [3.05, 3.63) is 36.0 Å². The monoisotopic (exact) mass is 274 g/mol. The maximum Gasteiger partial charge on any atom is 0.0590 e. The first-order valence-corrected chi connectivity index (χ1v) is 7.66. The van der Waals surface area contributed by atoms with Crippen LogP contribution in [-0.2, 0) is 11.3 Å². The Hall–Kier alpha value is -1.32. The highest BCUT2D eigenvalue weighted by atomic mass is 16.5. The number of aryl methyl sites for hydroxylation is 1. The molecule has 0 amide bonds. The van der Waals surface area contributed by atoms with Crippen molar-refractivity contribution in [1.29, 1.82) is 0 Å². The van der Waals surface area contributed by atoms with E-state index in [1.807, 2.05) is 0 Å². The van der Waals surface area contributed by atoms with Gasteiger partial charge in [0.05, 0.1) is 6.61 Å². The normalized spacial score (nSPS) is 11.3. The quantitative estimate of drug-likeness (QED) is 0.710. The van der Waals surface area contributed by atoms with E-state index in [0.717, 1.165) is 39.3 Å². The van der Waals surface area contributed by atoms with Crippen LogP contribution >= 0.6 is 0 Å². The van der Waals surface area contributed by atoms with E-state index in [1.54, 1.807) is 0 Å². The number of unbranched alkanes of at least 4 members (excludes halogenated alkanes) is 1. The molecule has 1 aromatic carbocycles. The molecule has 1 heterocycles. The number of hydrogen-bond donors (Lipinski definition) is 1. The lowest BCUT2D eigenvalue weighted by Gasteiger charge is -2.08. The highest BCUT2D eigenvalue weighted by Gasteiger charge is 2.01. The Labute approximate surface area is 121 Å². The van der Waals surface area contributed by atoms with Crippen LogP contribution in [0, 0.1) is 6.92 Å². The lowest BCUT2D eigenvalue weighted by molar-refractivity contribution is 0.133. The van der Waals surface area contributed by atoms with Gasteiger partial charge in [-0.1, -0.05) is 25.5 Å². The van der Waals surface area contributed by atoms with Crippen LogP contribution in [0.5, 0.6) is 0 Å². The molecule has 2 aromatic rings. The number of hydrogen-bond acceptors (Lipinski definition) is 2. The molecule has 0 unspecified atom stereocenters. The van der Waals surface area contributed by atoms with Crippen LogP contribution in [0.25, 0.3) is 10.9 Å². The Bertz CT molecular complexity index is 519. The molecule has 1 N–H and O–H groups in total. The fourth-order valence-electron chi connectivity index (χ4n) is 2.39. The molecule has 0 saturated heterocycles. The zero-order chi connectivity index (χ0) is 14.2. The largest absolute Gasteiger partial charge is 0.380 e. The summed E-state index contributed by atoms with van der Waals surface area (Å²) in [5.41, 5.74) is 2.67. The second-order valence-electron chi connectivity index (χ2n) is 5.23. The lowest BCUT2D eigenvalue weighted by Crippen LogP contribution is -2.24. The molecule has 1 aromatic heterocycles. The topological polar surface area (TPSA) is 26.2 Å². The number of benzene rings is 1. The highest BCUT2D eigenvalue weighted by molar-refractivity contribution is 5.83. The van der Waals surface area contributed by atoms with Crippen LogP contribution in [0.1, 0.15) is 25.3 Å². The third-order valence-corrected chi connectivity index (χ3v) is 3.63. The van der Waals surface area contributed by atoms with Crippen LogP contribution < -0.4 is 5.32 Å². The second-order valence-corrected chi connectivity index (χ2v) is 5.23. The van der Waals surface area contributed by atoms with E-state index in [0.29, 0.717) is 0 Å². The molecule has 20 heavy (non-hydrogen) atoms. The first-order chi connectivity index (χ1) is 9.83. The number of nitrogens with one attached hydrogen (secondary N) is 1. The molecule has 110 valence electrons. The van der Waals surface area contributed by atoms with E-state index < -0.39 is 0 Å². The van der Waals surface area contributed by atoms with Crippen LogP contribution in [-0.4, -0.2) is 30.9 Å². The van der Waals surface area contributed by atoms with Gasteiger partial charge in [-0.15, -0.1) is 0 Å². The Morgan fingerprint density at radius 1 is 1.15 bits per heavy atom. The minimum atomic E-state index is 0.811. The van der Waals surface area contributed by atoms with Crippen molar-refractivity contribution in [2.45, 2.75) is 33.2 Å². The van der Waals surface area contributed by atoms with E-state index in [4.69, 9.17) is 4.74 Å². The van der Waals surface area contributed by atoms with E-state index >= 15 is 0 Å². The first-order valence-electron chi connectivity index (χ1n) is 7.66. The third-order valence-electron chi connectivity index (χ3n) is 3.63. The van der Waals surface area contributed by atoms with Gasteiger partial charge in [0, 0.05) is 43.3 Å². The van der Waals surface area contributed by atoms with Crippen molar-refractivity contribution in [1.82, 2.24) is 9.88 Å². The van der Waals surface area contributed by atoms with Crippen molar-refractivity contribution < 1.29 is 4.74 Å². The number of nitrogens with zero attached hydrogens (tertiary/aromatic N) is 1. The fraction of sp³-hybridized carbons (Fsp3) is 0.529. The molecular weight excluding hydrogens is 248 g/mol. The zero-order valence-electron chi connectivity index (χ0n) is 12.7. The molecule has 0 atom stereocenters. The molecule has 0 aliphatic rings. The molecule has 3 heteroatoms. The van der Waals surface area contributed by atoms with Crippen LogP contribution in [0.4, 0.5) is 0 Å². The Balaban J connectivity index is 1.70. The van der Waals surface area contributed by atoms with Gasteiger partial charge < -0.3 is 14.6 Å². The van der Waals surface area contributed by atoms with Crippen molar-refractivity contribution in [3.63, 3.8) is 0 Å². The van der Waals surface area contributed by atoms with Gasteiger partial charge in [0.2, 0.25) is 0 Å². The summed E-state index contributed by atoms with van der Waals surface area (Å²) in [5.74, 6) is 0. The Morgan fingerprint density at radius 2 is 2.05 bits per heavy atom. The van der Waals surface area contributed by atoms with Crippen molar-refractivity contribution in [2.75, 3.05) is 26.3 Å². The molecule has 0 aliphatic heterocycles. The maximum atomic E-state index is 5.53. The average Bonchev–Trinajstić information content (AvgIpc) is 2.87. The first kappa shape index (κ1) is 15.1. The predicted octanol–water partition coefficient (Wildman–Crippen LogP) is 3.36. The van der Waals surface area contributed by atoms with Gasteiger partial charge in [-0.2, -0.15) is 0 Å². The summed E-state index contributed by atoms with van der Waals surface area (Å²) in [6.07, 6.45) is 4.54. The summed E-state index contributed by atoms with van der Waals surface area (Å²) >= 11 is 0. The molecule has 3 nitrogen and oxygen atoms in total. The molecule has 0 fully saturated rings. The molecule has 0 bridgehead atoms. The third kappa shape index (κ3) is 4.09. The second kappa shape index (κ2) is 8.08. The molecule has 0 saturated carbocycles. The smallest absolute Gasteiger partial charge is 0.0590 e. The molecular formula is C17H26N2O. The van der Waals surface area contributed by atoms with Crippen LogP contribution in [0.2, 0.25) is 0 Å². The summed E-state index contributed by atoms with van der Waals surface area (Å²) in [5, 5.41) is 4.79. The van der Waals surface area contributed by atoms with E-state index in [9.17, 15) is 0 Å². The van der Waals surface area contributed by atoms with Gasteiger partial charge in [0.1, 0.15) is 0 Å². The summed E-state index contributed by atoms with van der Waals surface area (Å²) in [7, 11) is 0. The van der Waals surface area contributed by atoms with Crippen LogP contribution in [0.3, 0.4) is 0 Å². The minimum Gasteiger partial charge on any atom is -0.380 e. The minimum absolute atomic E-state index is 0.811. The number of fused-ring (bicyclic) bond motifs is 1. The summed E-state index contributed by atoms with van der Waals surface area (Å²) < 4.78 is 7.84. The van der Waals surface area contributed by atoms with Crippen molar-refractivity contribution in [2.24, 2.45) is 0 Å². The van der Waals surface area contributed by atoms with E-state index in [2.05, 4.69) is 54.2 Å².